The first-order valence-corrected chi connectivity index (χ1v) is 4.66. The van der Waals surface area contributed by atoms with Gasteiger partial charge in [-0.15, -0.1) is 0 Å². The van der Waals surface area contributed by atoms with Gasteiger partial charge in [0.05, 0.1) is 0 Å². The Kier molecular flexibility index (Phi) is 3.06. The molecule has 1 rings (SSSR count). The monoisotopic (exact) mass is 158 g/mol. The molecule has 0 spiro atoms. The predicted octanol–water partition coefficient (Wildman–Crippen LogP) is 0.786. The van der Waals surface area contributed by atoms with Crippen LogP contribution in [0.1, 0.15) is 6.92 Å². The lowest BCUT2D eigenvalue weighted by Crippen LogP contribution is -2.37. The summed E-state index contributed by atoms with van der Waals surface area (Å²) < 4.78 is 0. The maximum absolute atomic E-state index is 11.0. The number of carbonyl (C=O) groups excluding carboxylic acids is 1. The fraction of sp³-hybridized carbons (Fsp3) is 0.714. The highest BCUT2D eigenvalue weighted by molar-refractivity contribution is 7.99. The van der Waals surface area contributed by atoms with Crippen molar-refractivity contribution in [2.75, 3.05) is 24.6 Å². The van der Waals surface area contributed by atoms with E-state index in [2.05, 4.69) is 0 Å². The van der Waals surface area contributed by atoms with E-state index in [-0.39, 0.29) is 5.91 Å². The van der Waals surface area contributed by atoms with Crippen molar-refractivity contribution in [3.8, 4) is 0 Å². The molecule has 2 nitrogen and oxygen atoms in total. The summed E-state index contributed by atoms with van der Waals surface area (Å²) in [6, 6.07) is 0. The summed E-state index contributed by atoms with van der Waals surface area (Å²) in [5.41, 5.74) is 0. The van der Waals surface area contributed by atoms with E-state index in [1.54, 1.807) is 13.3 Å². The molecule has 0 N–H and O–H groups in total. The van der Waals surface area contributed by atoms with Gasteiger partial charge < -0.3 is 4.90 Å². The largest absolute Gasteiger partial charge is 0.341 e. The van der Waals surface area contributed by atoms with E-state index in [0.29, 0.717) is 0 Å². The van der Waals surface area contributed by atoms with Crippen LogP contribution in [0.25, 0.3) is 0 Å². The summed E-state index contributed by atoms with van der Waals surface area (Å²) in [5.74, 6) is 2.37. The Balaban J connectivity index is 2.31. The Bertz CT molecular complexity index is 121. The number of nitrogens with zero attached hydrogens (tertiary/aromatic N) is 1. The highest BCUT2D eigenvalue weighted by atomic mass is 32.2. The van der Waals surface area contributed by atoms with Crippen molar-refractivity contribution in [3.05, 3.63) is 6.42 Å². The van der Waals surface area contributed by atoms with Gasteiger partial charge in [0, 0.05) is 31.0 Å². The van der Waals surface area contributed by atoms with Crippen molar-refractivity contribution in [2.24, 2.45) is 0 Å². The summed E-state index contributed by atoms with van der Waals surface area (Å²) in [5, 5.41) is 0. The lowest BCUT2D eigenvalue weighted by atomic mass is 10.4. The van der Waals surface area contributed by atoms with Crippen LogP contribution in [-0.4, -0.2) is 35.4 Å². The topological polar surface area (TPSA) is 20.3 Å². The van der Waals surface area contributed by atoms with Crippen LogP contribution in [0.15, 0.2) is 0 Å². The first-order valence-electron chi connectivity index (χ1n) is 3.50. The lowest BCUT2D eigenvalue weighted by Gasteiger charge is -2.25. The molecule has 57 valence electrons. The molecule has 0 unspecified atom stereocenters. The third kappa shape index (κ3) is 1.90. The molecule has 0 bridgehead atoms. The van der Waals surface area contributed by atoms with Gasteiger partial charge in [0.1, 0.15) is 0 Å². The zero-order valence-electron chi connectivity index (χ0n) is 6.17. The predicted molar refractivity (Wildman–Crippen MR) is 43.9 cm³/mol. The van der Waals surface area contributed by atoms with E-state index in [9.17, 15) is 4.79 Å². The van der Waals surface area contributed by atoms with Crippen LogP contribution in [0, 0.1) is 6.42 Å². The molecule has 1 saturated heterocycles. The first-order chi connectivity index (χ1) is 4.84. The van der Waals surface area contributed by atoms with Gasteiger partial charge in [-0.25, -0.2) is 0 Å². The minimum Gasteiger partial charge on any atom is -0.341 e. The van der Waals surface area contributed by atoms with Crippen LogP contribution < -0.4 is 0 Å². The molecule has 1 aliphatic rings. The molecular formula is C7H12NOS. The quantitative estimate of drug-likeness (QED) is 0.562. The highest BCUT2D eigenvalue weighted by Gasteiger charge is 2.13. The number of hydrogen-bond acceptors (Lipinski definition) is 2. The Morgan fingerprint density at radius 3 is 2.60 bits per heavy atom. The van der Waals surface area contributed by atoms with Crippen molar-refractivity contribution in [1.29, 1.82) is 0 Å². The normalized spacial score (nSPS) is 19.1. The molecule has 0 aliphatic carbocycles. The second-order valence-corrected chi connectivity index (χ2v) is 3.45. The number of hydrogen-bond donors (Lipinski definition) is 0. The Morgan fingerprint density at radius 2 is 2.10 bits per heavy atom. The highest BCUT2D eigenvalue weighted by Crippen LogP contribution is 2.09. The van der Waals surface area contributed by atoms with Crippen molar-refractivity contribution < 1.29 is 4.79 Å². The van der Waals surface area contributed by atoms with E-state index in [1.165, 1.54) is 0 Å². The molecule has 0 aromatic carbocycles. The van der Waals surface area contributed by atoms with Gasteiger partial charge in [-0.3, -0.25) is 4.79 Å². The molecule has 1 heterocycles. The minimum absolute atomic E-state index is 0.181. The molecular weight excluding hydrogens is 146 g/mol. The van der Waals surface area contributed by atoms with Gasteiger partial charge in [0.2, 0.25) is 5.91 Å². The summed E-state index contributed by atoms with van der Waals surface area (Å²) in [4.78, 5) is 12.9. The van der Waals surface area contributed by atoms with Crippen LogP contribution in [0.4, 0.5) is 0 Å². The van der Waals surface area contributed by atoms with Gasteiger partial charge in [-0.1, -0.05) is 6.92 Å². The molecule has 3 heteroatoms. The molecule has 0 atom stereocenters. The molecule has 0 aromatic heterocycles. The Hall–Kier alpha value is -0.180. The van der Waals surface area contributed by atoms with E-state index in [4.69, 9.17) is 0 Å². The number of rotatable bonds is 1. The molecule has 0 aromatic rings. The summed E-state index contributed by atoms with van der Waals surface area (Å²) in [6.45, 7) is 3.64. The summed E-state index contributed by atoms with van der Waals surface area (Å²) in [6.07, 6.45) is 1.63. The van der Waals surface area contributed by atoms with E-state index in [1.807, 2.05) is 16.7 Å². The number of carbonyl (C=O) groups is 1. The van der Waals surface area contributed by atoms with E-state index >= 15 is 0 Å². The van der Waals surface area contributed by atoms with Gasteiger partial charge >= 0.3 is 0 Å². The van der Waals surface area contributed by atoms with E-state index in [0.717, 1.165) is 24.6 Å². The number of thioether (sulfide) groups is 1. The third-order valence-corrected chi connectivity index (χ3v) is 2.51. The molecule has 1 fully saturated rings. The van der Waals surface area contributed by atoms with Crippen LogP contribution in [0.3, 0.4) is 0 Å². The maximum Gasteiger partial charge on any atom is 0.226 e. The molecule has 10 heavy (non-hydrogen) atoms. The lowest BCUT2D eigenvalue weighted by molar-refractivity contribution is -0.127. The fourth-order valence-electron chi connectivity index (χ4n) is 0.966. The second-order valence-electron chi connectivity index (χ2n) is 2.23. The first kappa shape index (κ1) is 7.92. The fourth-order valence-corrected chi connectivity index (χ4v) is 1.87. The summed E-state index contributed by atoms with van der Waals surface area (Å²) in [7, 11) is 0. The maximum atomic E-state index is 11.0. The van der Waals surface area contributed by atoms with Gasteiger partial charge in [-0.05, 0) is 0 Å². The van der Waals surface area contributed by atoms with Gasteiger partial charge in [0.15, 0.2) is 0 Å². The third-order valence-electron chi connectivity index (χ3n) is 1.57. The average molecular weight is 158 g/mol. The van der Waals surface area contributed by atoms with Crippen LogP contribution in [0.2, 0.25) is 0 Å². The smallest absolute Gasteiger partial charge is 0.226 e. The van der Waals surface area contributed by atoms with Gasteiger partial charge in [-0.2, -0.15) is 11.8 Å². The van der Waals surface area contributed by atoms with Crippen molar-refractivity contribution in [2.45, 2.75) is 6.92 Å². The standard InChI is InChI=1S/C7H12NOS/c1-2-7(9)8-3-5-10-6-4-8/h2H,3-6H2,1H3. The molecule has 1 radical (unpaired) electrons. The average Bonchev–Trinajstić information content (AvgIpc) is 2.05. The number of amides is 1. The Morgan fingerprint density at radius 1 is 1.50 bits per heavy atom. The van der Waals surface area contributed by atoms with Crippen molar-refractivity contribution in [1.82, 2.24) is 4.90 Å². The van der Waals surface area contributed by atoms with Crippen molar-refractivity contribution >= 4 is 17.7 Å². The zero-order valence-corrected chi connectivity index (χ0v) is 6.99. The van der Waals surface area contributed by atoms with Crippen LogP contribution >= 0.6 is 11.8 Å². The van der Waals surface area contributed by atoms with Crippen LogP contribution in [-0.2, 0) is 4.79 Å². The minimum atomic E-state index is 0.181. The zero-order chi connectivity index (χ0) is 7.40. The molecule has 1 aliphatic heterocycles. The molecule has 0 saturated carbocycles. The SMILES string of the molecule is C[CH]C(=O)N1CCSCC1. The second kappa shape index (κ2) is 3.86. The Labute approximate surface area is 66.0 Å². The van der Waals surface area contributed by atoms with Gasteiger partial charge in [0.25, 0.3) is 0 Å². The van der Waals surface area contributed by atoms with E-state index < -0.39 is 0 Å². The van der Waals surface area contributed by atoms with Crippen molar-refractivity contribution in [3.63, 3.8) is 0 Å². The molecule has 1 amide bonds. The summed E-state index contributed by atoms with van der Waals surface area (Å²) >= 11 is 1.92. The van der Waals surface area contributed by atoms with Crippen LogP contribution in [0.5, 0.6) is 0 Å².